The summed E-state index contributed by atoms with van der Waals surface area (Å²) in [6.45, 7) is 0.161. The SMILES string of the molecule is O=C(NCc1nnc2c(=O)[nH]ccn12)c1ccoc1. The highest BCUT2D eigenvalue weighted by Crippen LogP contribution is 2.01. The van der Waals surface area contributed by atoms with Crippen LogP contribution in [0.4, 0.5) is 0 Å². The molecular weight excluding hydrogens is 250 g/mol. The summed E-state index contributed by atoms with van der Waals surface area (Å²) in [7, 11) is 0. The van der Waals surface area contributed by atoms with Gasteiger partial charge in [0, 0.05) is 12.4 Å². The Labute approximate surface area is 106 Å². The van der Waals surface area contributed by atoms with E-state index in [2.05, 4.69) is 20.5 Å². The average Bonchev–Trinajstić information content (AvgIpc) is 3.06. The molecular formula is C11H9N5O3. The van der Waals surface area contributed by atoms with E-state index in [4.69, 9.17) is 4.42 Å². The van der Waals surface area contributed by atoms with Gasteiger partial charge in [-0.05, 0) is 6.07 Å². The van der Waals surface area contributed by atoms with Crippen LogP contribution in [-0.4, -0.2) is 25.5 Å². The van der Waals surface area contributed by atoms with E-state index in [-0.39, 0.29) is 23.7 Å². The first-order chi connectivity index (χ1) is 9.25. The number of furan rings is 1. The molecule has 96 valence electrons. The number of aromatic nitrogens is 4. The van der Waals surface area contributed by atoms with Crippen LogP contribution in [0.3, 0.4) is 0 Å². The lowest BCUT2D eigenvalue weighted by atomic mass is 10.3. The molecule has 0 fully saturated rings. The molecule has 3 aromatic heterocycles. The Balaban J connectivity index is 1.81. The molecule has 1 amide bonds. The minimum Gasteiger partial charge on any atom is -0.472 e. The summed E-state index contributed by atoms with van der Waals surface area (Å²) >= 11 is 0. The first-order valence-corrected chi connectivity index (χ1v) is 5.47. The van der Waals surface area contributed by atoms with E-state index >= 15 is 0 Å². The molecule has 8 nitrogen and oxygen atoms in total. The molecule has 0 atom stereocenters. The molecule has 0 radical (unpaired) electrons. The molecule has 0 aliphatic carbocycles. The van der Waals surface area contributed by atoms with Crippen molar-refractivity contribution in [1.29, 1.82) is 0 Å². The largest absolute Gasteiger partial charge is 0.472 e. The Morgan fingerprint density at radius 3 is 3.16 bits per heavy atom. The summed E-state index contributed by atoms with van der Waals surface area (Å²) < 4.78 is 6.34. The van der Waals surface area contributed by atoms with Crippen molar-refractivity contribution in [3.63, 3.8) is 0 Å². The summed E-state index contributed by atoms with van der Waals surface area (Å²) in [6, 6.07) is 1.56. The number of rotatable bonds is 3. The summed E-state index contributed by atoms with van der Waals surface area (Å²) in [4.78, 5) is 25.6. The second kappa shape index (κ2) is 4.41. The van der Waals surface area contributed by atoms with Gasteiger partial charge in [-0.1, -0.05) is 0 Å². The minimum absolute atomic E-state index is 0.161. The third-order valence-electron chi connectivity index (χ3n) is 2.60. The van der Waals surface area contributed by atoms with Gasteiger partial charge in [-0.25, -0.2) is 0 Å². The molecule has 3 heterocycles. The van der Waals surface area contributed by atoms with E-state index in [1.165, 1.54) is 23.1 Å². The number of carbonyl (C=O) groups is 1. The zero-order valence-electron chi connectivity index (χ0n) is 9.66. The van der Waals surface area contributed by atoms with Gasteiger partial charge in [-0.15, -0.1) is 10.2 Å². The van der Waals surface area contributed by atoms with Gasteiger partial charge in [-0.2, -0.15) is 0 Å². The van der Waals surface area contributed by atoms with Crippen molar-refractivity contribution in [2.45, 2.75) is 6.54 Å². The van der Waals surface area contributed by atoms with Crippen LogP contribution in [0, 0.1) is 0 Å². The van der Waals surface area contributed by atoms with Crippen LogP contribution in [0.15, 0.2) is 40.2 Å². The Bertz CT molecular complexity index is 771. The first kappa shape index (κ1) is 11.2. The van der Waals surface area contributed by atoms with Gasteiger partial charge in [0.05, 0.1) is 18.4 Å². The van der Waals surface area contributed by atoms with Crippen molar-refractivity contribution >= 4 is 11.6 Å². The number of nitrogens with one attached hydrogen (secondary N) is 2. The minimum atomic E-state index is -0.331. The lowest BCUT2D eigenvalue weighted by molar-refractivity contribution is 0.0949. The van der Waals surface area contributed by atoms with E-state index in [0.29, 0.717) is 11.4 Å². The molecule has 0 unspecified atom stereocenters. The summed E-state index contributed by atoms with van der Waals surface area (Å²) in [5, 5.41) is 10.3. The third-order valence-corrected chi connectivity index (χ3v) is 2.60. The number of hydrogen-bond acceptors (Lipinski definition) is 5. The van der Waals surface area contributed by atoms with Crippen LogP contribution >= 0.6 is 0 Å². The topological polar surface area (TPSA) is 105 Å². The van der Waals surface area contributed by atoms with Crippen molar-refractivity contribution in [3.05, 3.63) is 52.7 Å². The van der Waals surface area contributed by atoms with Crippen LogP contribution in [0.25, 0.3) is 5.65 Å². The number of nitrogens with zero attached hydrogens (tertiary/aromatic N) is 3. The molecule has 3 rings (SSSR count). The molecule has 0 spiro atoms. The van der Waals surface area contributed by atoms with Crippen molar-refractivity contribution in [3.8, 4) is 0 Å². The Morgan fingerprint density at radius 1 is 1.47 bits per heavy atom. The van der Waals surface area contributed by atoms with Gasteiger partial charge in [-0.3, -0.25) is 14.0 Å². The zero-order chi connectivity index (χ0) is 13.2. The predicted octanol–water partition coefficient (Wildman–Crippen LogP) is -0.0594. The maximum Gasteiger partial charge on any atom is 0.293 e. The fraction of sp³-hybridized carbons (Fsp3) is 0.0909. The molecule has 0 saturated carbocycles. The highest BCUT2D eigenvalue weighted by molar-refractivity contribution is 5.93. The molecule has 0 aliphatic heterocycles. The second-order valence-electron chi connectivity index (χ2n) is 3.79. The van der Waals surface area contributed by atoms with Crippen LogP contribution in [0.5, 0.6) is 0 Å². The van der Waals surface area contributed by atoms with Crippen LogP contribution < -0.4 is 10.9 Å². The lowest BCUT2D eigenvalue weighted by Gasteiger charge is -2.01. The van der Waals surface area contributed by atoms with Gasteiger partial charge in [0.25, 0.3) is 11.5 Å². The zero-order valence-corrected chi connectivity index (χ0v) is 9.66. The van der Waals surface area contributed by atoms with Crippen LogP contribution in [0.2, 0.25) is 0 Å². The average molecular weight is 259 g/mol. The second-order valence-corrected chi connectivity index (χ2v) is 3.79. The number of fused-ring (bicyclic) bond motifs is 1. The molecule has 0 aliphatic rings. The monoisotopic (exact) mass is 259 g/mol. The highest BCUT2D eigenvalue weighted by Gasteiger charge is 2.10. The summed E-state index contributed by atoms with van der Waals surface area (Å²) in [6.07, 6.45) is 5.87. The van der Waals surface area contributed by atoms with Crippen LogP contribution in [0.1, 0.15) is 16.2 Å². The summed E-state index contributed by atoms with van der Waals surface area (Å²) in [5.41, 5.74) is 0.282. The normalized spacial score (nSPS) is 10.7. The smallest absolute Gasteiger partial charge is 0.293 e. The fourth-order valence-electron chi connectivity index (χ4n) is 1.66. The number of carbonyl (C=O) groups excluding carboxylic acids is 1. The van der Waals surface area contributed by atoms with E-state index < -0.39 is 0 Å². The standard InChI is InChI=1S/C11H9N5O3/c17-10(7-1-4-19-6-7)13-5-8-14-15-9-11(18)12-2-3-16(8)9/h1-4,6H,5H2,(H,12,18)(H,13,17). The molecule has 0 aromatic carbocycles. The number of hydrogen-bond donors (Lipinski definition) is 2. The highest BCUT2D eigenvalue weighted by atomic mass is 16.3. The van der Waals surface area contributed by atoms with Gasteiger partial charge >= 0.3 is 0 Å². The molecule has 19 heavy (non-hydrogen) atoms. The number of H-pyrrole nitrogens is 1. The number of aromatic amines is 1. The molecule has 8 heteroatoms. The maximum absolute atomic E-state index is 11.7. The van der Waals surface area contributed by atoms with Crippen molar-refractivity contribution in [2.24, 2.45) is 0 Å². The fourth-order valence-corrected chi connectivity index (χ4v) is 1.66. The van der Waals surface area contributed by atoms with E-state index in [1.807, 2.05) is 0 Å². The molecule has 3 aromatic rings. The Morgan fingerprint density at radius 2 is 2.37 bits per heavy atom. The van der Waals surface area contributed by atoms with Gasteiger partial charge in [0.15, 0.2) is 5.82 Å². The third kappa shape index (κ3) is 1.99. The Hall–Kier alpha value is -2.90. The predicted molar refractivity (Wildman–Crippen MR) is 63.5 cm³/mol. The van der Waals surface area contributed by atoms with Crippen LogP contribution in [-0.2, 0) is 6.54 Å². The molecule has 0 bridgehead atoms. The first-order valence-electron chi connectivity index (χ1n) is 5.47. The van der Waals surface area contributed by atoms with E-state index in [1.54, 1.807) is 12.3 Å². The summed E-state index contributed by atoms with van der Waals surface area (Å²) in [5.74, 6) is 0.188. The van der Waals surface area contributed by atoms with Gasteiger partial charge in [0.2, 0.25) is 5.65 Å². The van der Waals surface area contributed by atoms with Gasteiger partial charge in [0.1, 0.15) is 6.26 Å². The van der Waals surface area contributed by atoms with Crippen molar-refractivity contribution < 1.29 is 9.21 Å². The van der Waals surface area contributed by atoms with Crippen molar-refractivity contribution in [1.82, 2.24) is 24.9 Å². The Kier molecular flexibility index (Phi) is 2.60. The lowest BCUT2D eigenvalue weighted by Crippen LogP contribution is -2.23. The number of amides is 1. The van der Waals surface area contributed by atoms with E-state index in [0.717, 1.165) is 0 Å². The maximum atomic E-state index is 11.7. The molecule has 2 N–H and O–H groups in total. The molecule has 0 saturated heterocycles. The van der Waals surface area contributed by atoms with E-state index in [9.17, 15) is 9.59 Å². The quantitative estimate of drug-likeness (QED) is 0.685. The van der Waals surface area contributed by atoms with Crippen molar-refractivity contribution in [2.75, 3.05) is 0 Å². The van der Waals surface area contributed by atoms with Gasteiger partial charge < -0.3 is 14.7 Å².